The minimum Gasteiger partial charge on any atom is -0.508 e. The first kappa shape index (κ1) is 31.2. The van der Waals surface area contributed by atoms with Crippen LogP contribution in [-0.4, -0.2) is 85.8 Å². The molecule has 0 aliphatic heterocycles. The molecule has 14 heteroatoms. The second-order valence-electron chi connectivity index (χ2n) is 9.23. The number of hydrogen-bond acceptors (Lipinski definition) is 9. The highest BCUT2D eigenvalue weighted by atomic mass is 16.4. The number of carbonyl (C=O) groups excluding carboxylic acids is 3. The molecule has 0 saturated carbocycles. The van der Waals surface area contributed by atoms with Crippen molar-refractivity contribution in [1.29, 1.82) is 0 Å². The van der Waals surface area contributed by atoms with Crippen molar-refractivity contribution in [2.24, 2.45) is 11.5 Å². The number of aromatic hydroxyl groups is 1. The minimum atomic E-state index is -1.62. The molecule has 5 unspecified atom stereocenters. The monoisotopic (exact) mass is 547 g/mol. The van der Waals surface area contributed by atoms with Gasteiger partial charge in [0.1, 0.15) is 17.8 Å². The summed E-state index contributed by atoms with van der Waals surface area (Å²) in [6, 6.07) is 0.924. The Labute approximate surface area is 225 Å². The Morgan fingerprint density at radius 3 is 2.15 bits per heavy atom. The van der Waals surface area contributed by atoms with Crippen LogP contribution < -0.4 is 27.4 Å². The summed E-state index contributed by atoms with van der Waals surface area (Å²) in [7, 11) is 0. The number of carboxylic acid groups (broad SMARTS) is 1. The van der Waals surface area contributed by atoms with Crippen molar-refractivity contribution in [2.75, 3.05) is 6.54 Å². The number of H-pyrrole nitrogens is 1. The zero-order valence-electron chi connectivity index (χ0n) is 21.7. The van der Waals surface area contributed by atoms with E-state index < -0.39 is 54.0 Å². The molecule has 0 bridgehead atoms. The summed E-state index contributed by atoms with van der Waals surface area (Å²) in [6.07, 6.45) is 3.09. The number of carbonyl (C=O) groups is 4. The number of aliphatic hydroxyl groups is 1. The Hall–Kier alpha value is -4.01. The van der Waals surface area contributed by atoms with Gasteiger partial charge in [0.25, 0.3) is 0 Å². The van der Waals surface area contributed by atoms with Gasteiger partial charge in [-0.2, -0.15) is 0 Å². The molecule has 1 aromatic heterocycles. The van der Waals surface area contributed by atoms with Crippen molar-refractivity contribution in [2.45, 2.75) is 69.3 Å². The first-order valence-corrected chi connectivity index (χ1v) is 12.5. The molecule has 11 N–H and O–H groups in total. The number of nitrogens with zero attached hydrogens (tertiary/aromatic N) is 1. The highest BCUT2D eigenvalue weighted by molar-refractivity contribution is 5.94. The smallest absolute Gasteiger partial charge is 0.328 e. The Bertz CT molecular complexity index is 1080. The maximum Gasteiger partial charge on any atom is 0.328 e. The third-order valence-electron chi connectivity index (χ3n) is 5.97. The summed E-state index contributed by atoms with van der Waals surface area (Å²) in [5.41, 5.74) is 12.6. The van der Waals surface area contributed by atoms with E-state index in [2.05, 4.69) is 25.9 Å². The van der Waals surface area contributed by atoms with Crippen LogP contribution in [0.15, 0.2) is 36.8 Å². The lowest BCUT2D eigenvalue weighted by Gasteiger charge is -2.26. The van der Waals surface area contributed by atoms with E-state index in [1.807, 2.05) is 0 Å². The number of nitrogens with one attached hydrogen (secondary N) is 4. The van der Waals surface area contributed by atoms with E-state index in [-0.39, 0.29) is 18.6 Å². The van der Waals surface area contributed by atoms with Crippen molar-refractivity contribution >= 4 is 23.7 Å². The molecular weight excluding hydrogens is 510 g/mol. The van der Waals surface area contributed by atoms with Crippen LogP contribution >= 0.6 is 0 Å². The van der Waals surface area contributed by atoms with Crippen LogP contribution in [0.5, 0.6) is 5.75 Å². The number of amides is 3. The van der Waals surface area contributed by atoms with E-state index in [1.165, 1.54) is 43.7 Å². The molecule has 2 rings (SSSR count). The molecule has 0 spiro atoms. The second kappa shape index (κ2) is 15.4. The summed E-state index contributed by atoms with van der Waals surface area (Å²) in [5, 5.41) is 36.2. The maximum atomic E-state index is 13.4. The molecule has 14 nitrogen and oxygen atoms in total. The molecule has 5 atom stereocenters. The van der Waals surface area contributed by atoms with E-state index in [9.17, 15) is 34.5 Å². The number of unbranched alkanes of at least 4 members (excludes halogenated alkanes) is 1. The third kappa shape index (κ3) is 10.3. The summed E-state index contributed by atoms with van der Waals surface area (Å²) >= 11 is 0. The molecule has 39 heavy (non-hydrogen) atoms. The molecule has 3 amide bonds. The Balaban J connectivity index is 2.26. The van der Waals surface area contributed by atoms with Gasteiger partial charge in [-0.15, -0.1) is 0 Å². The van der Waals surface area contributed by atoms with Gasteiger partial charge in [0.05, 0.1) is 18.5 Å². The van der Waals surface area contributed by atoms with Crippen LogP contribution in [0.25, 0.3) is 0 Å². The number of aliphatic hydroxyl groups excluding tert-OH is 1. The number of aliphatic carboxylic acids is 1. The van der Waals surface area contributed by atoms with Crippen LogP contribution in [0.3, 0.4) is 0 Å². The van der Waals surface area contributed by atoms with Gasteiger partial charge in [0.15, 0.2) is 6.04 Å². The number of imidazole rings is 1. The Morgan fingerprint density at radius 1 is 0.974 bits per heavy atom. The SMILES string of the molecule is CC(O)C(NC(=O)C(Cc1ccc(O)cc1)NC(=O)C(Cc1cnc[nH]1)NC(=O)C(N)CCCCN)C(=O)O. The number of carboxylic acids is 1. The van der Waals surface area contributed by atoms with E-state index in [4.69, 9.17) is 11.5 Å². The normalized spacial score (nSPS) is 14.9. The van der Waals surface area contributed by atoms with Gasteiger partial charge in [0.2, 0.25) is 17.7 Å². The lowest BCUT2D eigenvalue weighted by molar-refractivity contribution is -0.145. The van der Waals surface area contributed by atoms with Gasteiger partial charge in [-0.3, -0.25) is 14.4 Å². The largest absolute Gasteiger partial charge is 0.508 e. The van der Waals surface area contributed by atoms with Gasteiger partial charge in [-0.05, 0) is 44.0 Å². The highest BCUT2D eigenvalue weighted by Crippen LogP contribution is 2.12. The van der Waals surface area contributed by atoms with Crippen molar-refractivity contribution in [3.63, 3.8) is 0 Å². The topological polar surface area (TPSA) is 246 Å². The van der Waals surface area contributed by atoms with E-state index in [0.29, 0.717) is 37.1 Å². The molecule has 0 fully saturated rings. The third-order valence-corrected chi connectivity index (χ3v) is 5.97. The predicted octanol–water partition coefficient (Wildman–Crippen LogP) is -1.72. The average Bonchev–Trinajstić information content (AvgIpc) is 3.40. The second-order valence-corrected chi connectivity index (χ2v) is 9.23. The quantitative estimate of drug-likeness (QED) is 0.108. The fourth-order valence-electron chi connectivity index (χ4n) is 3.74. The first-order valence-electron chi connectivity index (χ1n) is 12.5. The fraction of sp³-hybridized carbons (Fsp3) is 0.480. The van der Waals surface area contributed by atoms with Crippen molar-refractivity contribution in [3.05, 3.63) is 48.0 Å². The van der Waals surface area contributed by atoms with Crippen molar-refractivity contribution in [1.82, 2.24) is 25.9 Å². The number of phenols is 1. The maximum absolute atomic E-state index is 13.4. The molecule has 0 radical (unpaired) electrons. The molecule has 214 valence electrons. The van der Waals surface area contributed by atoms with Gasteiger partial charge < -0.3 is 47.7 Å². The van der Waals surface area contributed by atoms with E-state index in [1.54, 1.807) is 0 Å². The zero-order chi connectivity index (χ0) is 28.9. The van der Waals surface area contributed by atoms with E-state index in [0.717, 1.165) is 0 Å². The fourth-order valence-corrected chi connectivity index (χ4v) is 3.74. The van der Waals surface area contributed by atoms with Gasteiger partial charge in [-0.25, -0.2) is 9.78 Å². The van der Waals surface area contributed by atoms with Crippen molar-refractivity contribution in [3.8, 4) is 5.75 Å². The number of rotatable bonds is 16. The number of nitrogens with two attached hydrogens (primary N) is 2. The Morgan fingerprint density at radius 2 is 1.59 bits per heavy atom. The number of aromatic nitrogens is 2. The lowest BCUT2D eigenvalue weighted by Crippen LogP contribution is -2.59. The Kier molecular flexibility index (Phi) is 12.3. The minimum absolute atomic E-state index is 0.00558. The van der Waals surface area contributed by atoms with Crippen LogP contribution in [0.2, 0.25) is 0 Å². The van der Waals surface area contributed by atoms with Crippen LogP contribution in [0.4, 0.5) is 0 Å². The molecule has 1 aromatic carbocycles. The molecule has 1 heterocycles. The van der Waals surface area contributed by atoms with Gasteiger partial charge in [0, 0.05) is 24.7 Å². The first-order chi connectivity index (χ1) is 18.5. The average molecular weight is 548 g/mol. The molecule has 0 aliphatic carbocycles. The van der Waals surface area contributed by atoms with Crippen LogP contribution in [-0.2, 0) is 32.0 Å². The molecular formula is C25H37N7O7. The van der Waals surface area contributed by atoms with Crippen molar-refractivity contribution < 1.29 is 34.5 Å². The number of aromatic amines is 1. The lowest BCUT2D eigenvalue weighted by atomic mass is 10.0. The van der Waals surface area contributed by atoms with Gasteiger partial charge in [-0.1, -0.05) is 18.6 Å². The molecule has 0 saturated heterocycles. The number of benzene rings is 1. The zero-order valence-corrected chi connectivity index (χ0v) is 21.7. The molecule has 2 aromatic rings. The predicted molar refractivity (Wildman–Crippen MR) is 140 cm³/mol. The molecule has 0 aliphatic rings. The van der Waals surface area contributed by atoms with E-state index >= 15 is 0 Å². The van der Waals surface area contributed by atoms with Gasteiger partial charge >= 0.3 is 5.97 Å². The number of hydrogen-bond donors (Lipinski definition) is 9. The summed E-state index contributed by atoms with van der Waals surface area (Å²) in [4.78, 5) is 57.5. The summed E-state index contributed by atoms with van der Waals surface area (Å²) in [6.45, 7) is 1.67. The summed E-state index contributed by atoms with van der Waals surface area (Å²) in [5.74, 6) is -3.62. The van der Waals surface area contributed by atoms with Crippen LogP contribution in [0, 0.1) is 0 Å². The standard InChI is InChI=1S/C25H37N7O7/c1-14(33)21(25(38)39)32-24(37)19(10-15-5-7-17(34)8-6-15)31-23(36)20(11-16-12-28-13-29-16)30-22(35)18(27)4-2-3-9-26/h5-8,12-14,18-21,33-34H,2-4,9-11,26-27H2,1H3,(H,28,29)(H,30,35)(H,31,36)(H,32,37)(H,38,39). The summed E-state index contributed by atoms with van der Waals surface area (Å²) < 4.78 is 0. The number of phenolic OH excluding ortho intramolecular Hbond substituents is 1. The highest BCUT2D eigenvalue weighted by Gasteiger charge is 2.32. The van der Waals surface area contributed by atoms with Crippen LogP contribution in [0.1, 0.15) is 37.4 Å².